The molecule has 6 heteroatoms. The molecule has 3 rings (SSSR count). The number of nitrogens with one attached hydrogen (secondary N) is 1. The number of nitrogens with zero attached hydrogens (tertiary/aromatic N) is 2. The first-order chi connectivity index (χ1) is 12.1. The molecule has 0 atom stereocenters. The first-order valence-electron chi connectivity index (χ1n) is 8.98. The molecule has 1 aromatic heterocycles. The summed E-state index contributed by atoms with van der Waals surface area (Å²) in [5.74, 6) is 1.99. The van der Waals surface area contributed by atoms with Gasteiger partial charge >= 0.3 is 0 Å². The number of aromatic nitrogens is 2. The molecule has 25 heavy (non-hydrogen) atoms. The van der Waals surface area contributed by atoms with Crippen LogP contribution in [0.2, 0.25) is 0 Å². The van der Waals surface area contributed by atoms with E-state index in [4.69, 9.17) is 9.26 Å². The molecule has 1 aliphatic rings. The molecule has 1 amide bonds. The first-order valence-corrected chi connectivity index (χ1v) is 8.98. The molecule has 1 aliphatic carbocycles. The van der Waals surface area contributed by atoms with Gasteiger partial charge in [0.05, 0.1) is 0 Å². The van der Waals surface area contributed by atoms with E-state index in [1.807, 2.05) is 38.1 Å². The molecule has 0 bridgehead atoms. The van der Waals surface area contributed by atoms with Crippen LogP contribution < -0.4 is 10.1 Å². The maximum Gasteiger partial charge on any atom is 0.258 e. The van der Waals surface area contributed by atoms with Crippen molar-refractivity contribution in [2.24, 2.45) is 0 Å². The second-order valence-electron chi connectivity index (χ2n) is 6.83. The summed E-state index contributed by atoms with van der Waals surface area (Å²) in [6, 6.07) is 7.63. The van der Waals surface area contributed by atoms with Crippen LogP contribution in [0.4, 0.5) is 0 Å². The topological polar surface area (TPSA) is 77.2 Å². The van der Waals surface area contributed by atoms with E-state index < -0.39 is 0 Å². The molecule has 0 radical (unpaired) electrons. The van der Waals surface area contributed by atoms with E-state index in [1.54, 1.807) is 0 Å². The molecule has 1 saturated carbocycles. The van der Waals surface area contributed by atoms with E-state index in [0.29, 0.717) is 23.5 Å². The fourth-order valence-corrected chi connectivity index (χ4v) is 2.95. The number of rotatable bonds is 6. The van der Waals surface area contributed by atoms with Crippen molar-refractivity contribution in [1.82, 2.24) is 15.5 Å². The maximum atomic E-state index is 12.0. The molecule has 134 valence electrons. The molecule has 2 aromatic rings. The van der Waals surface area contributed by atoms with Gasteiger partial charge in [-0.05, 0) is 37.1 Å². The Morgan fingerprint density at radius 3 is 2.60 bits per heavy atom. The van der Waals surface area contributed by atoms with Gasteiger partial charge in [-0.15, -0.1) is 0 Å². The summed E-state index contributed by atoms with van der Waals surface area (Å²) in [5, 5.41) is 7.00. The van der Waals surface area contributed by atoms with Gasteiger partial charge in [0.15, 0.2) is 12.4 Å². The zero-order chi connectivity index (χ0) is 17.6. The number of carbonyl (C=O) groups excluding carboxylic acids is 1. The minimum Gasteiger partial charge on any atom is -0.484 e. The molecule has 1 fully saturated rings. The van der Waals surface area contributed by atoms with Crippen molar-refractivity contribution >= 4 is 5.91 Å². The van der Waals surface area contributed by atoms with Crippen LogP contribution in [0, 0.1) is 0 Å². The van der Waals surface area contributed by atoms with E-state index in [1.165, 1.54) is 19.3 Å². The van der Waals surface area contributed by atoms with Gasteiger partial charge in [-0.1, -0.05) is 38.3 Å². The van der Waals surface area contributed by atoms with Crippen LogP contribution in [0.15, 0.2) is 28.8 Å². The quantitative estimate of drug-likeness (QED) is 0.865. The summed E-state index contributed by atoms with van der Waals surface area (Å²) in [6.45, 7) is 4.07. The fraction of sp³-hybridized carbons (Fsp3) is 0.526. The van der Waals surface area contributed by atoms with Crippen molar-refractivity contribution in [3.8, 4) is 17.2 Å². The second kappa shape index (κ2) is 8.14. The molecular weight excluding hydrogens is 318 g/mol. The highest BCUT2D eigenvalue weighted by atomic mass is 16.5. The number of carbonyl (C=O) groups is 1. The maximum absolute atomic E-state index is 12.0. The minimum absolute atomic E-state index is 0.0356. The third-order valence-corrected chi connectivity index (χ3v) is 4.40. The van der Waals surface area contributed by atoms with Crippen LogP contribution in [0.5, 0.6) is 5.75 Å². The standard InChI is InChI=1S/C19H25N3O3/c1-13(2)18-21-19(25-22-18)14-8-10-16(11-9-14)24-12-17(23)20-15-6-4-3-5-7-15/h8-11,13,15H,3-7,12H2,1-2H3,(H,20,23). The van der Waals surface area contributed by atoms with Crippen molar-refractivity contribution < 1.29 is 14.1 Å². The van der Waals surface area contributed by atoms with Crippen molar-refractivity contribution in [3.05, 3.63) is 30.1 Å². The van der Waals surface area contributed by atoms with Crippen LogP contribution in [0.25, 0.3) is 11.5 Å². The third-order valence-electron chi connectivity index (χ3n) is 4.40. The average molecular weight is 343 g/mol. The molecule has 1 aromatic carbocycles. The first kappa shape index (κ1) is 17.5. The van der Waals surface area contributed by atoms with Gasteiger partial charge in [-0.25, -0.2) is 0 Å². The molecule has 0 aliphatic heterocycles. The summed E-state index contributed by atoms with van der Waals surface area (Å²) in [4.78, 5) is 16.3. The van der Waals surface area contributed by atoms with Gasteiger partial charge in [0.2, 0.25) is 0 Å². The number of ether oxygens (including phenoxy) is 1. The van der Waals surface area contributed by atoms with E-state index in [0.717, 1.165) is 18.4 Å². The van der Waals surface area contributed by atoms with E-state index in [2.05, 4.69) is 15.5 Å². The number of benzene rings is 1. The lowest BCUT2D eigenvalue weighted by Crippen LogP contribution is -2.38. The highest BCUT2D eigenvalue weighted by molar-refractivity contribution is 5.77. The zero-order valence-electron chi connectivity index (χ0n) is 14.8. The largest absolute Gasteiger partial charge is 0.484 e. The summed E-state index contributed by atoms with van der Waals surface area (Å²) >= 11 is 0. The Labute approximate surface area is 148 Å². The van der Waals surface area contributed by atoms with Gasteiger partial charge in [0, 0.05) is 17.5 Å². The molecule has 0 unspecified atom stereocenters. The zero-order valence-corrected chi connectivity index (χ0v) is 14.8. The van der Waals surface area contributed by atoms with Crippen LogP contribution in [0.3, 0.4) is 0 Å². The lowest BCUT2D eigenvalue weighted by Gasteiger charge is -2.22. The van der Waals surface area contributed by atoms with Crippen LogP contribution in [-0.2, 0) is 4.79 Å². The Kier molecular flexibility index (Phi) is 5.68. The highest BCUT2D eigenvalue weighted by Crippen LogP contribution is 2.22. The normalized spacial score (nSPS) is 15.3. The van der Waals surface area contributed by atoms with Crippen molar-refractivity contribution in [2.45, 2.75) is 57.9 Å². The summed E-state index contributed by atoms with van der Waals surface area (Å²) in [5.41, 5.74) is 0.832. The Morgan fingerprint density at radius 2 is 1.96 bits per heavy atom. The number of hydrogen-bond donors (Lipinski definition) is 1. The van der Waals surface area contributed by atoms with Gasteiger partial charge < -0.3 is 14.6 Å². The molecule has 0 spiro atoms. The van der Waals surface area contributed by atoms with E-state index >= 15 is 0 Å². The van der Waals surface area contributed by atoms with E-state index in [-0.39, 0.29) is 18.4 Å². The lowest BCUT2D eigenvalue weighted by atomic mass is 9.95. The van der Waals surface area contributed by atoms with Crippen molar-refractivity contribution in [3.63, 3.8) is 0 Å². The Hall–Kier alpha value is -2.37. The summed E-state index contributed by atoms with van der Waals surface area (Å²) in [6.07, 6.45) is 5.81. The second-order valence-corrected chi connectivity index (χ2v) is 6.83. The average Bonchev–Trinajstić information content (AvgIpc) is 3.12. The van der Waals surface area contributed by atoms with Gasteiger partial charge in [-0.2, -0.15) is 4.98 Å². The lowest BCUT2D eigenvalue weighted by molar-refractivity contribution is -0.124. The molecule has 1 N–H and O–H groups in total. The van der Waals surface area contributed by atoms with Gasteiger partial charge in [-0.3, -0.25) is 4.79 Å². The molecule has 0 saturated heterocycles. The Balaban J connectivity index is 1.50. The number of amides is 1. The van der Waals surface area contributed by atoms with Crippen molar-refractivity contribution in [1.29, 1.82) is 0 Å². The summed E-state index contributed by atoms with van der Waals surface area (Å²) in [7, 11) is 0. The molecular formula is C19H25N3O3. The van der Waals surface area contributed by atoms with Crippen LogP contribution >= 0.6 is 0 Å². The third kappa shape index (κ3) is 4.81. The predicted molar refractivity (Wildman–Crippen MR) is 94.3 cm³/mol. The van der Waals surface area contributed by atoms with Crippen LogP contribution in [-0.4, -0.2) is 28.7 Å². The molecule has 6 nitrogen and oxygen atoms in total. The van der Waals surface area contributed by atoms with E-state index in [9.17, 15) is 4.79 Å². The number of hydrogen-bond acceptors (Lipinski definition) is 5. The van der Waals surface area contributed by atoms with Gasteiger partial charge in [0.25, 0.3) is 11.8 Å². The SMILES string of the molecule is CC(C)c1noc(-c2ccc(OCC(=O)NC3CCCCC3)cc2)n1. The van der Waals surface area contributed by atoms with Gasteiger partial charge in [0.1, 0.15) is 5.75 Å². The fourth-order valence-electron chi connectivity index (χ4n) is 2.95. The highest BCUT2D eigenvalue weighted by Gasteiger charge is 2.16. The Bertz CT molecular complexity index is 688. The minimum atomic E-state index is -0.0607. The predicted octanol–water partition coefficient (Wildman–Crippen LogP) is 3.69. The van der Waals surface area contributed by atoms with Crippen LogP contribution in [0.1, 0.15) is 57.7 Å². The molecule has 1 heterocycles. The summed E-state index contributed by atoms with van der Waals surface area (Å²) < 4.78 is 10.8. The van der Waals surface area contributed by atoms with Crippen molar-refractivity contribution in [2.75, 3.05) is 6.61 Å². The smallest absolute Gasteiger partial charge is 0.258 e. The Morgan fingerprint density at radius 1 is 1.24 bits per heavy atom. The monoisotopic (exact) mass is 343 g/mol.